The van der Waals surface area contributed by atoms with Gasteiger partial charge in [-0.15, -0.1) is 0 Å². The number of amides is 1. The molecule has 0 fully saturated rings. The molecule has 110 valence electrons. The van der Waals surface area contributed by atoms with Gasteiger partial charge in [-0.2, -0.15) is 0 Å². The van der Waals surface area contributed by atoms with Gasteiger partial charge in [-0.05, 0) is 30.3 Å². The van der Waals surface area contributed by atoms with Crippen molar-refractivity contribution in [3.8, 4) is 0 Å². The monoisotopic (exact) mass is 347 g/mol. The Balaban J connectivity index is 2.29. The van der Waals surface area contributed by atoms with Gasteiger partial charge in [0.05, 0.1) is 21.2 Å². The second-order valence-corrected chi connectivity index (χ2v) is 6.99. The van der Waals surface area contributed by atoms with Crippen LogP contribution in [0.2, 0.25) is 5.02 Å². The molecule has 0 radical (unpaired) electrons. The third-order valence-corrected chi connectivity index (χ3v) is 4.25. The normalized spacial score (nSPS) is 11.2. The molecule has 8 heteroatoms. The van der Waals surface area contributed by atoms with Crippen molar-refractivity contribution < 1.29 is 17.6 Å². The van der Waals surface area contributed by atoms with Gasteiger partial charge in [-0.3, -0.25) is 4.79 Å². The third-order valence-electron chi connectivity index (χ3n) is 2.59. The maximum atomic E-state index is 13.5. The first-order valence-electron chi connectivity index (χ1n) is 5.59. The molecule has 21 heavy (non-hydrogen) atoms. The Kier molecular flexibility index (Phi) is 4.51. The van der Waals surface area contributed by atoms with Gasteiger partial charge in [0.25, 0.3) is 15.0 Å². The smallest absolute Gasteiger partial charge is 0.261 e. The van der Waals surface area contributed by atoms with Crippen LogP contribution in [0.3, 0.4) is 0 Å². The molecule has 0 unspecified atom stereocenters. The van der Waals surface area contributed by atoms with Crippen LogP contribution < -0.4 is 5.32 Å². The van der Waals surface area contributed by atoms with Crippen LogP contribution in [-0.4, -0.2) is 14.3 Å². The Morgan fingerprint density at radius 3 is 2.38 bits per heavy atom. The second-order valence-electron chi connectivity index (χ2n) is 4.01. The molecule has 0 saturated carbocycles. The van der Waals surface area contributed by atoms with E-state index in [0.717, 1.165) is 12.1 Å². The molecular formula is C13H8Cl2FNO3S. The first-order valence-corrected chi connectivity index (χ1v) is 8.28. The fraction of sp³-hybridized carbons (Fsp3) is 0. The molecule has 0 spiro atoms. The minimum absolute atomic E-state index is 0.0265. The number of halogens is 3. The van der Waals surface area contributed by atoms with Gasteiger partial charge in [-0.1, -0.05) is 23.7 Å². The van der Waals surface area contributed by atoms with Crippen LogP contribution in [0.15, 0.2) is 47.4 Å². The van der Waals surface area contributed by atoms with E-state index in [1.54, 1.807) is 0 Å². The van der Waals surface area contributed by atoms with Gasteiger partial charge in [-0.25, -0.2) is 12.8 Å². The lowest BCUT2D eigenvalue weighted by atomic mass is 10.2. The molecule has 0 heterocycles. The van der Waals surface area contributed by atoms with Gasteiger partial charge in [0, 0.05) is 10.7 Å². The number of benzene rings is 2. The predicted molar refractivity (Wildman–Crippen MR) is 78.8 cm³/mol. The van der Waals surface area contributed by atoms with E-state index in [4.69, 9.17) is 22.3 Å². The summed E-state index contributed by atoms with van der Waals surface area (Å²) in [7, 11) is 1.27. The standard InChI is InChI=1S/C13H8Cl2FNO3S/c14-10-7-8(21(15,19)20)5-6-12(10)17-13(18)9-3-1-2-4-11(9)16/h1-7H,(H,17,18). The molecule has 0 aromatic heterocycles. The molecule has 0 aliphatic carbocycles. The molecule has 2 aromatic rings. The van der Waals surface area contributed by atoms with Crippen LogP contribution in [0.4, 0.5) is 10.1 Å². The van der Waals surface area contributed by atoms with Crippen LogP contribution >= 0.6 is 22.3 Å². The Labute approximate surface area is 129 Å². The van der Waals surface area contributed by atoms with Crippen molar-refractivity contribution in [2.24, 2.45) is 0 Å². The van der Waals surface area contributed by atoms with E-state index < -0.39 is 20.8 Å². The van der Waals surface area contributed by atoms with Gasteiger partial charge in [0.1, 0.15) is 5.82 Å². The quantitative estimate of drug-likeness (QED) is 0.861. The number of hydrogen-bond acceptors (Lipinski definition) is 3. The summed E-state index contributed by atoms with van der Waals surface area (Å²) in [6, 6.07) is 9.00. The maximum absolute atomic E-state index is 13.5. The SMILES string of the molecule is O=C(Nc1ccc(S(=O)(=O)Cl)cc1Cl)c1ccccc1F. The van der Waals surface area contributed by atoms with E-state index in [9.17, 15) is 17.6 Å². The minimum Gasteiger partial charge on any atom is -0.321 e. The molecule has 1 amide bonds. The first kappa shape index (κ1) is 15.8. The lowest BCUT2D eigenvalue weighted by Gasteiger charge is -2.08. The number of hydrogen-bond donors (Lipinski definition) is 1. The highest BCUT2D eigenvalue weighted by Crippen LogP contribution is 2.27. The maximum Gasteiger partial charge on any atom is 0.261 e. The van der Waals surface area contributed by atoms with E-state index >= 15 is 0 Å². The number of carbonyl (C=O) groups is 1. The second kappa shape index (κ2) is 6.01. The van der Waals surface area contributed by atoms with Crippen molar-refractivity contribution in [1.82, 2.24) is 0 Å². The summed E-state index contributed by atoms with van der Waals surface area (Å²) >= 11 is 5.88. The van der Waals surface area contributed by atoms with Gasteiger partial charge in [0.15, 0.2) is 0 Å². The average Bonchev–Trinajstić information content (AvgIpc) is 2.40. The summed E-state index contributed by atoms with van der Waals surface area (Å²) < 4.78 is 35.8. The molecule has 0 atom stereocenters. The Morgan fingerprint density at radius 1 is 1.14 bits per heavy atom. The van der Waals surface area contributed by atoms with Crippen molar-refractivity contribution in [3.05, 3.63) is 58.9 Å². The zero-order chi connectivity index (χ0) is 15.6. The van der Waals surface area contributed by atoms with E-state index in [0.29, 0.717) is 0 Å². The highest BCUT2D eigenvalue weighted by molar-refractivity contribution is 8.13. The topological polar surface area (TPSA) is 63.2 Å². The number of nitrogens with one attached hydrogen (secondary N) is 1. The number of carbonyl (C=O) groups excluding carboxylic acids is 1. The molecule has 4 nitrogen and oxygen atoms in total. The zero-order valence-corrected chi connectivity index (χ0v) is 12.6. The average molecular weight is 348 g/mol. The van der Waals surface area contributed by atoms with Gasteiger partial charge >= 0.3 is 0 Å². The Bertz CT molecular complexity index is 809. The minimum atomic E-state index is -3.91. The highest BCUT2D eigenvalue weighted by Gasteiger charge is 2.15. The predicted octanol–water partition coefficient (Wildman–Crippen LogP) is 3.66. The molecule has 0 aliphatic rings. The van der Waals surface area contributed by atoms with Crippen molar-refractivity contribution in [3.63, 3.8) is 0 Å². The zero-order valence-electron chi connectivity index (χ0n) is 10.3. The van der Waals surface area contributed by atoms with Gasteiger partial charge < -0.3 is 5.32 Å². The summed E-state index contributed by atoms with van der Waals surface area (Å²) in [5.41, 5.74) is -0.00315. The lowest BCUT2D eigenvalue weighted by Crippen LogP contribution is -2.14. The highest BCUT2D eigenvalue weighted by atomic mass is 35.7. The van der Waals surface area contributed by atoms with Crippen LogP contribution in [0.1, 0.15) is 10.4 Å². The molecular weight excluding hydrogens is 340 g/mol. The molecule has 2 rings (SSSR count). The van der Waals surface area contributed by atoms with E-state index in [-0.39, 0.29) is 21.2 Å². The molecule has 1 N–H and O–H groups in total. The van der Waals surface area contributed by atoms with Crippen molar-refractivity contribution in [1.29, 1.82) is 0 Å². The van der Waals surface area contributed by atoms with Crippen molar-refractivity contribution in [2.45, 2.75) is 4.90 Å². The van der Waals surface area contributed by atoms with Gasteiger partial charge in [0.2, 0.25) is 0 Å². The fourth-order valence-corrected chi connectivity index (χ4v) is 2.65. The molecule has 2 aromatic carbocycles. The number of anilines is 1. The summed E-state index contributed by atoms with van der Waals surface area (Å²) in [4.78, 5) is 11.7. The summed E-state index contributed by atoms with van der Waals surface area (Å²) in [5.74, 6) is -1.37. The third kappa shape index (κ3) is 3.72. The Hall–Kier alpha value is -1.63. The van der Waals surface area contributed by atoms with Crippen LogP contribution in [0, 0.1) is 5.82 Å². The Morgan fingerprint density at radius 2 is 1.81 bits per heavy atom. The van der Waals surface area contributed by atoms with E-state index in [2.05, 4.69) is 5.32 Å². The summed E-state index contributed by atoms with van der Waals surface area (Å²) in [6.45, 7) is 0. The van der Waals surface area contributed by atoms with Crippen molar-refractivity contribution in [2.75, 3.05) is 5.32 Å². The van der Waals surface area contributed by atoms with Crippen LogP contribution in [-0.2, 0) is 9.05 Å². The molecule has 0 bridgehead atoms. The first-order chi connectivity index (χ1) is 9.79. The van der Waals surface area contributed by atoms with Crippen molar-refractivity contribution >= 4 is 42.9 Å². The lowest BCUT2D eigenvalue weighted by molar-refractivity contribution is 0.102. The largest absolute Gasteiger partial charge is 0.321 e. The van der Waals surface area contributed by atoms with E-state index in [1.807, 2.05) is 0 Å². The van der Waals surface area contributed by atoms with Crippen LogP contribution in [0.5, 0.6) is 0 Å². The summed E-state index contributed by atoms with van der Waals surface area (Å²) in [5, 5.41) is 2.37. The van der Waals surface area contributed by atoms with Crippen LogP contribution in [0.25, 0.3) is 0 Å². The fourth-order valence-electron chi connectivity index (χ4n) is 1.58. The number of rotatable bonds is 3. The summed E-state index contributed by atoms with van der Waals surface area (Å²) in [6.07, 6.45) is 0. The molecule has 0 aliphatic heterocycles. The van der Waals surface area contributed by atoms with E-state index in [1.165, 1.54) is 30.3 Å². The molecule has 0 saturated heterocycles.